The highest BCUT2D eigenvalue weighted by molar-refractivity contribution is 6.33. The van der Waals surface area contributed by atoms with E-state index in [1.807, 2.05) is 0 Å². The van der Waals surface area contributed by atoms with Crippen molar-refractivity contribution in [2.75, 3.05) is 0 Å². The second kappa shape index (κ2) is 4.57. The van der Waals surface area contributed by atoms with Crippen LogP contribution in [0.25, 0.3) is 16.9 Å². The monoisotopic (exact) mass is 291 g/mol. The minimum absolute atomic E-state index is 0.00918. The lowest BCUT2D eigenvalue weighted by Crippen LogP contribution is -2.00. The van der Waals surface area contributed by atoms with Crippen molar-refractivity contribution in [1.82, 2.24) is 14.6 Å². The fourth-order valence-corrected chi connectivity index (χ4v) is 2.21. The van der Waals surface area contributed by atoms with Crippen molar-refractivity contribution in [3.05, 3.63) is 53.1 Å². The van der Waals surface area contributed by atoms with Crippen LogP contribution in [0.5, 0.6) is 0 Å². The maximum Gasteiger partial charge on any atom is 0.341 e. The molecular formula is C13H7ClFN3O2. The van der Waals surface area contributed by atoms with Gasteiger partial charge in [0.05, 0.1) is 16.9 Å². The molecule has 0 spiro atoms. The van der Waals surface area contributed by atoms with Crippen LogP contribution in [-0.4, -0.2) is 25.7 Å². The molecule has 0 aliphatic carbocycles. The number of carbonyl (C=O) groups is 1. The standard InChI is InChI=1S/C13H7ClFN3O2/c14-10-5-7(15)1-2-8(10)11-3-4-16-12-9(13(19)20)6-17-18(11)12/h1-6H,(H,19,20). The van der Waals surface area contributed by atoms with Gasteiger partial charge in [-0.1, -0.05) is 11.6 Å². The number of aromatic nitrogens is 3. The first kappa shape index (κ1) is 12.6. The fourth-order valence-electron chi connectivity index (χ4n) is 1.94. The average molecular weight is 292 g/mol. The highest BCUT2D eigenvalue weighted by atomic mass is 35.5. The summed E-state index contributed by atoms with van der Waals surface area (Å²) < 4.78 is 14.5. The molecule has 0 saturated carbocycles. The Morgan fingerprint density at radius 3 is 2.85 bits per heavy atom. The van der Waals surface area contributed by atoms with Crippen LogP contribution >= 0.6 is 11.6 Å². The summed E-state index contributed by atoms with van der Waals surface area (Å²) in [5.41, 5.74) is 1.27. The maximum atomic E-state index is 13.1. The summed E-state index contributed by atoms with van der Waals surface area (Å²) in [5, 5.41) is 13.3. The van der Waals surface area contributed by atoms with Gasteiger partial charge in [0.1, 0.15) is 11.4 Å². The zero-order valence-corrected chi connectivity index (χ0v) is 10.7. The van der Waals surface area contributed by atoms with E-state index in [0.29, 0.717) is 11.3 Å². The largest absolute Gasteiger partial charge is 0.477 e. The molecule has 1 N–H and O–H groups in total. The highest BCUT2D eigenvalue weighted by Gasteiger charge is 2.16. The number of aromatic carboxylic acids is 1. The molecule has 0 unspecified atom stereocenters. The summed E-state index contributed by atoms with van der Waals surface area (Å²) in [7, 11) is 0. The van der Waals surface area contributed by atoms with Gasteiger partial charge >= 0.3 is 5.97 Å². The number of rotatable bonds is 2. The van der Waals surface area contributed by atoms with Crippen molar-refractivity contribution in [2.24, 2.45) is 0 Å². The minimum atomic E-state index is -1.12. The van der Waals surface area contributed by atoms with Crippen LogP contribution in [0, 0.1) is 5.82 Å². The summed E-state index contributed by atoms with van der Waals surface area (Å²) in [6.07, 6.45) is 2.67. The SMILES string of the molecule is O=C(O)c1cnn2c(-c3ccc(F)cc3Cl)ccnc12. The molecule has 0 fully saturated rings. The van der Waals surface area contributed by atoms with Crippen LogP contribution in [0.15, 0.2) is 36.7 Å². The molecule has 5 nitrogen and oxygen atoms in total. The van der Waals surface area contributed by atoms with Gasteiger partial charge in [-0.2, -0.15) is 5.10 Å². The predicted octanol–water partition coefficient (Wildman–Crippen LogP) is 2.89. The van der Waals surface area contributed by atoms with Gasteiger partial charge in [-0.25, -0.2) is 18.7 Å². The van der Waals surface area contributed by atoms with E-state index in [4.69, 9.17) is 16.7 Å². The lowest BCUT2D eigenvalue weighted by Gasteiger charge is -2.06. The molecule has 100 valence electrons. The zero-order valence-electron chi connectivity index (χ0n) is 9.92. The number of nitrogens with zero attached hydrogens (tertiary/aromatic N) is 3. The molecule has 20 heavy (non-hydrogen) atoms. The van der Waals surface area contributed by atoms with E-state index in [2.05, 4.69) is 10.1 Å². The van der Waals surface area contributed by atoms with Crippen molar-refractivity contribution < 1.29 is 14.3 Å². The Balaban J connectivity index is 2.29. The van der Waals surface area contributed by atoms with Gasteiger partial charge in [0.25, 0.3) is 0 Å². The summed E-state index contributed by atoms with van der Waals surface area (Å²) in [4.78, 5) is 15.1. The lowest BCUT2D eigenvalue weighted by molar-refractivity contribution is 0.0699. The van der Waals surface area contributed by atoms with Gasteiger partial charge < -0.3 is 5.11 Å². The minimum Gasteiger partial charge on any atom is -0.477 e. The van der Waals surface area contributed by atoms with Crippen molar-refractivity contribution in [3.63, 3.8) is 0 Å². The van der Waals surface area contributed by atoms with E-state index in [0.717, 1.165) is 0 Å². The number of fused-ring (bicyclic) bond motifs is 1. The summed E-state index contributed by atoms with van der Waals surface area (Å²) in [6.45, 7) is 0. The molecule has 0 amide bonds. The summed E-state index contributed by atoms with van der Waals surface area (Å²) >= 11 is 6.02. The first-order valence-electron chi connectivity index (χ1n) is 5.59. The van der Waals surface area contributed by atoms with Crippen LogP contribution < -0.4 is 0 Å². The Labute approximate surface area is 117 Å². The van der Waals surface area contributed by atoms with E-state index in [1.165, 1.54) is 35.1 Å². The third-order valence-corrected chi connectivity index (χ3v) is 3.15. The molecule has 7 heteroatoms. The third-order valence-electron chi connectivity index (χ3n) is 2.84. The second-order valence-electron chi connectivity index (χ2n) is 4.05. The van der Waals surface area contributed by atoms with Crippen LogP contribution in [0.2, 0.25) is 5.02 Å². The van der Waals surface area contributed by atoms with Gasteiger partial charge in [-0.05, 0) is 24.3 Å². The smallest absolute Gasteiger partial charge is 0.341 e. The number of halogens is 2. The first-order chi connectivity index (χ1) is 9.58. The molecule has 0 aliphatic rings. The molecule has 2 heterocycles. The topological polar surface area (TPSA) is 67.5 Å². The van der Waals surface area contributed by atoms with E-state index in [1.54, 1.807) is 6.07 Å². The zero-order chi connectivity index (χ0) is 14.3. The number of carboxylic acid groups (broad SMARTS) is 1. The molecular weight excluding hydrogens is 285 g/mol. The molecule has 2 aromatic heterocycles. The van der Waals surface area contributed by atoms with Gasteiger partial charge in [0.15, 0.2) is 5.65 Å². The van der Waals surface area contributed by atoms with Crippen molar-refractivity contribution in [1.29, 1.82) is 0 Å². The number of carboxylic acids is 1. The maximum absolute atomic E-state index is 13.1. The van der Waals surface area contributed by atoms with Gasteiger partial charge in [0, 0.05) is 11.8 Å². The molecule has 3 rings (SSSR count). The second-order valence-corrected chi connectivity index (χ2v) is 4.46. The number of hydrogen-bond donors (Lipinski definition) is 1. The Morgan fingerprint density at radius 2 is 2.15 bits per heavy atom. The van der Waals surface area contributed by atoms with Crippen molar-refractivity contribution in [3.8, 4) is 11.3 Å². The van der Waals surface area contributed by atoms with Crippen molar-refractivity contribution >= 4 is 23.2 Å². The highest BCUT2D eigenvalue weighted by Crippen LogP contribution is 2.28. The lowest BCUT2D eigenvalue weighted by atomic mass is 10.1. The molecule has 0 radical (unpaired) electrons. The Hall–Kier alpha value is -2.47. The number of benzene rings is 1. The van der Waals surface area contributed by atoms with Gasteiger partial charge in [0.2, 0.25) is 0 Å². The normalized spacial score (nSPS) is 10.9. The third kappa shape index (κ3) is 1.90. The number of hydrogen-bond acceptors (Lipinski definition) is 3. The van der Waals surface area contributed by atoms with Gasteiger partial charge in [-0.3, -0.25) is 0 Å². The molecule has 0 aliphatic heterocycles. The van der Waals surface area contributed by atoms with E-state index in [-0.39, 0.29) is 16.2 Å². The summed E-state index contributed by atoms with van der Waals surface area (Å²) in [6, 6.07) is 5.60. The van der Waals surface area contributed by atoms with Crippen LogP contribution in [-0.2, 0) is 0 Å². The molecule has 0 bridgehead atoms. The first-order valence-corrected chi connectivity index (χ1v) is 5.97. The van der Waals surface area contributed by atoms with E-state index < -0.39 is 11.8 Å². The van der Waals surface area contributed by atoms with Crippen LogP contribution in [0.1, 0.15) is 10.4 Å². The average Bonchev–Trinajstić information content (AvgIpc) is 2.82. The van der Waals surface area contributed by atoms with E-state index in [9.17, 15) is 9.18 Å². The molecule has 0 atom stereocenters. The quantitative estimate of drug-likeness (QED) is 0.788. The predicted molar refractivity (Wildman–Crippen MR) is 70.4 cm³/mol. The Bertz CT molecular complexity index is 832. The Morgan fingerprint density at radius 1 is 1.35 bits per heavy atom. The molecule has 1 aromatic carbocycles. The molecule has 3 aromatic rings. The Kier molecular flexibility index (Phi) is 2.87. The van der Waals surface area contributed by atoms with Gasteiger partial charge in [-0.15, -0.1) is 0 Å². The summed E-state index contributed by atoms with van der Waals surface area (Å²) in [5.74, 6) is -1.56. The van der Waals surface area contributed by atoms with Crippen LogP contribution in [0.4, 0.5) is 4.39 Å². The van der Waals surface area contributed by atoms with Crippen molar-refractivity contribution in [2.45, 2.75) is 0 Å². The van der Waals surface area contributed by atoms with E-state index >= 15 is 0 Å². The van der Waals surface area contributed by atoms with Crippen LogP contribution in [0.3, 0.4) is 0 Å². The molecule has 0 saturated heterocycles. The fraction of sp³-hybridized carbons (Fsp3) is 0.